The van der Waals surface area contributed by atoms with Gasteiger partial charge in [0.15, 0.2) is 11.5 Å². The quantitative estimate of drug-likeness (QED) is 0.750. The molecule has 1 aromatic carbocycles. The molecule has 0 aliphatic rings. The number of hydrogen-bond donors (Lipinski definition) is 0. The minimum Gasteiger partial charge on any atom is -0.493 e. The minimum absolute atomic E-state index is 0.272. The Morgan fingerprint density at radius 1 is 1.17 bits per heavy atom. The van der Waals surface area contributed by atoms with Crippen LogP contribution in [0.15, 0.2) is 12.1 Å². The van der Waals surface area contributed by atoms with Crippen LogP contribution >= 0.6 is 10.7 Å². The lowest BCUT2D eigenvalue weighted by Gasteiger charge is -2.14. The maximum absolute atomic E-state index is 11.1. The van der Waals surface area contributed by atoms with Gasteiger partial charge in [-0.1, -0.05) is 0 Å². The van der Waals surface area contributed by atoms with E-state index in [-0.39, 0.29) is 12.4 Å². The van der Waals surface area contributed by atoms with Crippen LogP contribution in [0.3, 0.4) is 0 Å². The Balaban J connectivity index is 3.26. The fraction of sp³-hybridized carbons (Fsp3) is 0.455. The summed E-state index contributed by atoms with van der Waals surface area (Å²) in [5.41, 5.74) is 1.23. The second-order valence-corrected chi connectivity index (χ2v) is 6.38. The van der Waals surface area contributed by atoms with Crippen LogP contribution in [0.2, 0.25) is 0 Å². The van der Waals surface area contributed by atoms with E-state index >= 15 is 0 Å². The van der Waals surface area contributed by atoms with E-state index in [1.165, 1.54) is 21.3 Å². The van der Waals surface area contributed by atoms with Crippen LogP contribution in [-0.2, 0) is 26.1 Å². The van der Waals surface area contributed by atoms with Gasteiger partial charge in [-0.15, -0.1) is 0 Å². The topological polar surface area (TPSA) is 61.8 Å². The van der Waals surface area contributed by atoms with Gasteiger partial charge in [-0.2, -0.15) is 0 Å². The van der Waals surface area contributed by atoms with Gasteiger partial charge in [-0.3, -0.25) is 0 Å². The second-order valence-electron chi connectivity index (χ2n) is 3.61. The average Bonchev–Trinajstić information content (AvgIpc) is 2.26. The van der Waals surface area contributed by atoms with Gasteiger partial charge >= 0.3 is 0 Å². The average molecular weight is 295 g/mol. The molecule has 1 aromatic rings. The monoisotopic (exact) mass is 294 g/mol. The highest BCUT2D eigenvalue weighted by Gasteiger charge is 2.15. The molecule has 5 nitrogen and oxygen atoms in total. The second kappa shape index (κ2) is 6.26. The molecular weight excluding hydrogens is 280 g/mol. The summed E-state index contributed by atoms with van der Waals surface area (Å²) < 4.78 is 37.6. The van der Waals surface area contributed by atoms with E-state index in [1.54, 1.807) is 12.1 Å². The maximum Gasteiger partial charge on any atom is 0.236 e. The summed E-state index contributed by atoms with van der Waals surface area (Å²) in [6.45, 7) is 0.287. The Morgan fingerprint density at radius 3 is 2.28 bits per heavy atom. The van der Waals surface area contributed by atoms with Gasteiger partial charge in [0.1, 0.15) is 0 Å². The van der Waals surface area contributed by atoms with Crippen molar-refractivity contribution >= 4 is 19.7 Å². The number of methoxy groups -OCH3 is 3. The molecule has 0 atom stereocenters. The minimum atomic E-state index is -3.62. The molecule has 0 aliphatic heterocycles. The van der Waals surface area contributed by atoms with E-state index in [2.05, 4.69) is 0 Å². The first-order valence-electron chi connectivity index (χ1n) is 5.06. The van der Waals surface area contributed by atoms with Gasteiger partial charge in [-0.25, -0.2) is 8.42 Å². The van der Waals surface area contributed by atoms with E-state index < -0.39 is 9.05 Å². The van der Waals surface area contributed by atoms with Crippen LogP contribution in [0, 0.1) is 0 Å². The molecule has 0 bridgehead atoms. The zero-order valence-electron chi connectivity index (χ0n) is 10.4. The molecule has 0 saturated heterocycles. The number of hydrogen-bond acceptors (Lipinski definition) is 5. The molecule has 0 N–H and O–H groups in total. The van der Waals surface area contributed by atoms with Crippen molar-refractivity contribution in [2.24, 2.45) is 0 Å². The number of benzene rings is 1. The van der Waals surface area contributed by atoms with Crippen LogP contribution in [0.1, 0.15) is 11.1 Å². The SMILES string of the molecule is COCc1cc(CS(=O)(=O)Cl)cc(OC)c1OC. The van der Waals surface area contributed by atoms with E-state index in [0.717, 1.165) is 0 Å². The van der Waals surface area contributed by atoms with Crippen LogP contribution in [0.4, 0.5) is 0 Å². The first-order valence-corrected chi connectivity index (χ1v) is 7.54. The molecule has 0 aromatic heterocycles. The van der Waals surface area contributed by atoms with Crippen LogP contribution in [0.25, 0.3) is 0 Å². The Kier molecular flexibility index (Phi) is 5.25. The Morgan fingerprint density at radius 2 is 1.83 bits per heavy atom. The molecule has 0 aliphatic carbocycles. The van der Waals surface area contributed by atoms with Gasteiger partial charge < -0.3 is 14.2 Å². The van der Waals surface area contributed by atoms with Crippen molar-refractivity contribution < 1.29 is 22.6 Å². The molecular formula is C11H15ClO5S. The van der Waals surface area contributed by atoms with E-state index in [0.29, 0.717) is 22.6 Å². The molecule has 0 saturated carbocycles. The third-order valence-electron chi connectivity index (χ3n) is 2.25. The van der Waals surface area contributed by atoms with Gasteiger partial charge in [0, 0.05) is 23.4 Å². The van der Waals surface area contributed by atoms with Crippen molar-refractivity contribution in [3.8, 4) is 11.5 Å². The Bertz CT molecular complexity index is 512. The third-order valence-corrected chi connectivity index (χ3v) is 3.26. The largest absolute Gasteiger partial charge is 0.493 e. The molecule has 0 unspecified atom stereocenters. The molecule has 7 heteroatoms. The lowest BCUT2D eigenvalue weighted by Crippen LogP contribution is -2.02. The molecule has 0 fully saturated rings. The van der Waals surface area contributed by atoms with Gasteiger partial charge in [0.05, 0.1) is 26.6 Å². The van der Waals surface area contributed by atoms with Crippen molar-refractivity contribution in [1.82, 2.24) is 0 Å². The summed E-state index contributed by atoms with van der Waals surface area (Å²) in [4.78, 5) is 0. The Hall–Kier alpha value is -0.980. The molecule has 102 valence electrons. The molecule has 18 heavy (non-hydrogen) atoms. The summed E-state index contributed by atoms with van der Waals surface area (Å²) in [7, 11) is 6.14. The summed E-state index contributed by atoms with van der Waals surface area (Å²) in [6.07, 6.45) is 0. The smallest absolute Gasteiger partial charge is 0.236 e. The van der Waals surface area contributed by atoms with Crippen molar-refractivity contribution in [3.63, 3.8) is 0 Å². The Labute approximate surface area is 111 Å². The van der Waals surface area contributed by atoms with Crippen molar-refractivity contribution in [1.29, 1.82) is 0 Å². The standard InChI is InChI=1S/C11H15ClO5S/c1-15-6-9-4-8(7-18(12,13)14)5-10(16-2)11(9)17-3/h4-5H,6-7H2,1-3H3. The van der Waals surface area contributed by atoms with E-state index in [4.69, 9.17) is 24.9 Å². The molecule has 0 spiro atoms. The van der Waals surface area contributed by atoms with Crippen LogP contribution < -0.4 is 9.47 Å². The number of rotatable bonds is 6. The normalized spacial score (nSPS) is 11.3. The van der Waals surface area contributed by atoms with Gasteiger partial charge in [-0.05, 0) is 17.7 Å². The number of halogens is 1. The van der Waals surface area contributed by atoms with E-state index in [9.17, 15) is 8.42 Å². The first kappa shape index (κ1) is 15.1. The zero-order valence-corrected chi connectivity index (χ0v) is 12.0. The molecule has 0 radical (unpaired) electrons. The third kappa shape index (κ3) is 4.04. The van der Waals surface area contributed by atoms with Crippen molar-refractivity contribution in [3.05, 3.63) is 23.3 Å². The number of ether oxygens (including phenoxy) is 3. The summed E-state index contributed by atoms with van der Waals surface area (Å²) >= 11 is 0. The highest BCUT2D eigenvalue weighted by Crippen LogP contribution is 2.33. The van der Waals surface area contributed by atoms with E-state index in [1.807, 2.05) is 0 Å². The van der Waals surface area contributed by atoms with Gasteiger partial charge in [0.25, 0.3) is 0 Å². The summed E-state index contributed by atoms with van der Waals surface area (Å²) in [5, 5.41) is 0. The highest BCUT2D eigenvalue weighted by atomic mass is 35.7. The molecule has 0 amide bonds. The van der Waals surface area contributed by atoms with Gasteiger partial charge in [0.2, 0.25) is 9.05 Å². The van der Waals surface area contributed by atoms with Crippen molar-refractivity contribution in [2.75, 3.05) is 21.3 Å². The fourth-order valence-corrected chi connectivity index (χ4v) is 2.59. The summed E-state index contributed by atoms with van der Waals surface area (Å²) in [6, 6.07) is 3.25. The predicted octanol–water partition coefficient (Wildman–Crippen LogP) is 1.92. The first-order chi connectivity index (χ1) is 8.41. The highest BCUT2D eigenvalue weighted by molar-refractivity contribution is 8.13. The summed E-state index contributed by atoms with van der Waals surface area (Å²) in [5.74, 6) is 0.698. The maximum atomic E-state index is 11.1. The lowest BCUT2D eigenvalue weighted by molar-refractivity contribution is 0.180. The zero-order chi connectivity index (χ0) is 13.8. The fourth-order valence-electron chi connectivity index (χ4n) is 1.65. The molecule has 1 rings (SSSR count). The van der Waals surface area contributed by atoms with Crippen LogP contribution in [0.5, 0.6) is 11.5 Å². The predicted molar refractivity (Wildman–Crippen MR) is 68.7 cm³/mol. The lowest BCUT2D eigenvalue weighted by atomic mass is 10.1. The van der Waals surface area contributed by atoms with Crippen molar-refractivity contribution in [2.45, 2.75) is 12.4 Å². The molecule has 0 heterocycles. The van der Waals surface area contributed by atoms with Crippen LogP contribution in [-0.4, -0.2) is 29.7 Å².